The molecule has 3 N–H and O–H groups in total. The van der Waals surface area contributed by atoms with Crippen LogP contribution in [0.4, 0.5) is 0 Å². The molecule has 2 saturated carbocycles. The van der Waals surface area contributed by atoms with Crippen LogP contribution in [0.1, 0.15) is 37.3 Å². The van der Waals surface area contributed by atoms with Gasteiger partial charge in [-0.1, -0.05) is 0 Å². The Bertz CT molecular complexity index is 606. The van der Waals surface area contributed by atoms with Crippen molar-refractivity contribution >= 4 is 10.9 Å². The number of nitrogens with two attached hydrogens (primary N) is 1. The van der Waals surface area contributed by atoms with Crippen molar-refractivity contribution in [2.24, 2.45) is 5.73 Å². The number of hydrogen-bond acceptors (Lipinski definition) is 2. The largest absolute Gasteiger partial charge is 0.508 e. The summed E-state index contributed by atoms with van der Waals surface area (Å²) in [6, 6.07) is 6.29. The van der Waals surface area contributed by atoms with Crippen LogP contribution in [-0.2, 0) is 5.54 Å². The lowest BCUT2D eigenvalue weighted by Crippen LogP contribution is -2.18. The number of fused-ring (bicyclic) bond motifs is 1. The number of phenolic OH excluding ortho intramolecular Hbond substituents is 1. The summed E-state index contributed by atoms with van der Waals surface area (Å²) in [5, 5.41) is 10.8. The first-order valence-electron chi connectivity index (χ1n) is 6.30. The topological polar surface area (TPSA) is 51.2 Å². The Labute approximate surface area is 99.8 Å². The maximum atomic E-state index is 9.65. The van der Waals surface area contributed by atoms with Crippen LogP contribution < -0.4 is 5.73 Å². The van der Waals surface area contributed by atoms with Crippen LogP contribution >= 0.6 is 0 Å². The Morgan fingerprint density at radius 3 is 2.71 bits per heavy atom. The van der Waals surface area contributed by atoms with Gasteiger partial charge in [-0.05, 0) is 49.4 Å². The molecule has 2 fully saturated rings. The second-order valence-electron chi connectivity index (χ2n) is 5.54. The van der Waals surface area contributed by atoms with Crippen molar-refractivity contribution in [1.82, 2.24) is 4.57 Å². The molecule has 1 aromatic carbocycles. The standard InChI is InChI=1S/C14H16N2O/c15-14(5-6-14)12-8-16(9-1-2-9)13-4-3-10(17)7-11(12)13/h3-4,7-9,17H,1-2,5-6,15H2. The number of aromatic nitrogens is 1. The minimum absolute atomic E-state index is 0.133. The summed E-state index contributed by atoms with van der Waals surface area (Å²) in [4.78, 5) is 0. The molecule has 2 aliphatic carbocycles. The number of rotatable bonds is 2. The maximum Gasteiger partial charge on any atom is 0.116 e. The molecule has 0 bridgehead atoms. The van der Waals surface area contributed by atoms with Gasteiger partial charge in [-0.3, -0.25) is 0 Å². The Morgan fingerprint density at radius 2 is 2.06 bits per heavy atom. The highest BCUT2D eigenvalue weighted by Gasteiger charge is 2.43. The molecule has 88 valence electrons. The van der Waals surface area contributed by atoms with E-state index in [1.54, 1.807) is 6.07 Å². The maximum absolute atomic E-state index is 9.65. The van der Waals surface area contributed by atoms with Gasteiger partial charge in [-0.15, -0.1) is 0 Å². The lowest BCUT2D eigenvalue weighted by atomic mass is 10.0. The van der Waals surface area contributed by atoms with Gasteiger partial charge in [-0.25, -0.2) is 0 Å². The zero-order valence-corrected chi connectivity index (χ0v) is 9.69. The zero-order chi connectivity index (χ0) is 11.6. The fourth-order valence-corrected chi connectivity index (χ4v) is 2.70. The summed E-state index contributed by atoms with van der Waals surface area (Å²) < 4.78 is 2.34. The van der Waals surface area contributed by atoms with Gasteiger partial charge in [0.05, 0.1) is 0 Å². The molecule has 0 saturated heterocycles. The highest BCUT2D eigenvalue weighted by Crippen LogP contribution is 2.48. The van der Waals surface area contributed by atoms with Crippen LogP contribution in [0.2, 0.25) is 0 Å². The third-order valence-corrected chi connectivity index (χ3v) is 4.08. The summed E-state index contributed by atoms with van der Waals surface area (Å²) in [6.07, 6.45) is 6.87. The molecule has 4 rings (SSSR count). The third-order valence-electron chi connectivity index (χ3n) is 4.08. The molecule has 0 radical (unpaired) electrons. The van der Waals surface area contributed by atoms with Crippen molar-refractivity contribution in [2.45, 2.75) is 37.3 Å². The Hall–Kier alpha value is -1.48. The highest BCUT2D eigenvalue weighted by molar-refractivity contribution is 5.87. The molecule has 1 aromatic heterocycles. The number of nitrogens with zero attached hydrogens (tertiary/aromatic N) is 1. The molecule has 0 spiro atoms. The predicted molar refractivity (Wildman–Crippen MR) is 67.0 cm³/mol. The number of benzene rings is 1. The fraction of sp³-hybridized carbons (Fsp3) is 0.429. The van der Waals surface area contributed by atoms with E-state index in [0.717, 1.165) is 18.2 Å². The summed E-state index contributed by atoms with van der Waals surface area (Å²) in [7, 11) is 0. The molecule has 3 heteroatoms. The fourth-order valence-electron chi connectivity index (χ4n) is 2.70. The second kappa shape index (κ2) is 2.85. The monoisotopic (exact) mass is 228 g/mol. The van der Waals surface area contributed by atoms with Gasteiger partial charge in [0.25, 0.3) is 0 Å². The molecule has 17 heavy (non-hydrogen) atoms. The van der Waals surface area contributed by atoms with Gasteiger partial charge in [0.1, 0.15) is 5.75 Å². The van der Waals surface area contributed by atoms with Crippen molar-refractivity contribution < 1.29 is 5.11 Å². The quantitative estimate of drug-likeness (QED) is 0.830. The molecular weight excluding hydrogens is 212 g/mol. The number of aromatic hydroxyl groups is 1. The zero-order valence-electron chi connectivity index (χ0n) is 9.69. The normalized spacial score (nSPS) is 21.9. The van der Waals surface area contributed by atoms with E-state index >= 15 is 0 Å². The smallest absolute Gasteiger partial charge is 0.116 e. The number of hydrogen-bond donors (Lipinski definition) is 2. The summed E-state index contributed by atoms with van der Waals surface area (Å²) >= 11 is 0. The molecule has 1 heterocycles. The van der Waals surface area contributed by atoms with Crippen LogP contribution in [0.25, 0.3) is 10.9 Å². The van der Waals surface area contributed by atoms with Gasteiger partial charge < -0.3 is 15.4 Å². The molecule has 2 aliphatic rings. The first-order chi connectivity index (χ1) is 8.17. The first-order valence-corrected chi connectivity index (χ1v) is 6.30. The van der Waals surface area contributed by atoms with E-state index in [1.165, 1.54) is 23.9 Å². The van der Waals surface area contributed by atoms with Gasteiger partial charge in [0.2, 0.25) is 0 Å². The van der Waals surface area contributed by atoms with Crippen LogP contribution in [0.15, 0.2) is 24.4 Å². The molecule has 3 nitrogen and oxygen atoms in total. The van der Waals surface area contributed by atoms with Crippen LogP contribution in [0.5, 0.6) is 5.75 Å². The molecular formula is C14H16N2O. The van der Waals surface area contributed by atoms with Crippen molar-refractivity contribution in [3.8, 4) is 5.75 Å². The van der Waals surface area contributed by atoms with Gasteiger partial charge in [0, 0.05) is 28.7 Å². The minimum Gasteiger partial charge on any atom is -0.508 e. The molecule has 0 atom stereocenters. The Balaban J connectivity index is 2.02. The van der Waals surface area contributed by atoms with Crippen LogP contribution in [-0.4, -0.2) is 9.67 Å². The summed E-state index contributed by atoms with van der Waals surface area (Å²) in [5.41, 5.74) is 8.63. The Kier molecular flexibility index (Phi) is 1.60. The average Bonchev–Trinajstić information content (AvgIpc) is 3.21. The Morgan fingerprint density at radius 1 is 1.29 bits per heavy atom. The van der Waals surface area contributed by atoms with E-state index in [0.29, 0.717) is 11.8 Å². The molecule has 0 aliphatic heterocycles. The van der Waals surface area contributed by atoms with Crippen molar-refractivity contribution in [3.05, 3.63) is 30.0 Å². The van der Waals surface area contributed by atoms with Crippen LogP contribution in [0, 0.1) is 0 Å². The lowest BCUT2D eigenvalue weighted by molar-refractivity contribution is 0.476. The summed E-state index contributed by atoms with van der Waals surface area (Å²) in [5.74, 6) is 0.330. The van der Waals surface area contributed by atoms with Crippen molar-refractivity contribution in [3.63, 3.8) is 0 Å². The van der Waals surface area contributed by atoms with E-state index in [4.69, 9.17) is 5.73 Å². The molecule has 0 amide bonds. The second-order valence-corrected chi connectivity index (χ2v) is 5.54. The molecule has 2 aromatic rings. The van der Waals surface area contributed by atoms with E-state index in [1.807, 2.05) is 12.1 Å². The average molecular weight is 228 g/mol. The minimum atomic E-state index is -0.133. The van der Waals surface area contributed by atoms with Crippen molar-refractivity contribution in [2.75, 3.05) is 0 Å². The van der Waals surface area contributed by atoms with E-state index in [9.17, 15) is 5.11 Å². The third kappa shape index (κ3) is 1.32. The van der Waals surface area contributed by atoms with E-state index in [-0.39, 0.29) is 5.54 Å². The highest BCUT2D eigenvalue weighted by atomic mass is 16.3. The van der Waals surface area contributed by atoms with Crippen molar-refractivity contribution in [1.29, 1.82) is 0 Å². The molecule has 0 unspecified atom stereocenters. The van der Waals surface area contributed by atoms with E-state index in [2.05, 4.69) is 10.8 Å². The summed E-state index contributed by atoms with van der Waals surface area (Å²) in [6.45, 7) is 0. The van der Waals surface area contributed by atoms with Gasteiger partial charge in [-0.2, -0.15) is 0 Å². The van der Waals surface area contributed by atoms with Gasteiger partial charge in [0.15, 0.2) is 0 Å². The van der Waals surface area contributed by atoms with Gasteiger partial charge >= 0.3 is 0 Å². The van der Waals surface area contributed by atoms with E-state index < -0.39 is 0 Å². The SMILES string of the molecule is NC1(c2cn(C3CC3)c3ccc(O)cc23)CC1. The van der Waals surface area contributed by atoms with Crippen LogP contribution in [0.3, 0.4) is 0 Å². The lowest BCUT2D eigenvalue weighted by Gasteiger charge is -2.06. The number of phenols is 1. The first kappa shape index (κ1) is 9.54. The predicted octanol–water partition coefficient (Wildman–Crippen LogP) is 2.63.